The minimum atomic E-state index is -0.525. The molecule has 1 aromatic heterocycles. The minimum Gasteiger partial charge on any atom is -0.520 e. The van der Waals surface area contributed by atoms with Crippen molar-refractivity contribution in [3.63, 3.8) is 0 Å². The molecule has 200 valence electrons. The first-order chi connectivity index (χ1) is 15.8. The molecular weight excluding hydrogens is 677 g/mol. The van der Waals surface area contributed by atoms with Crippen LogP contribution in [0.2, 0.25) is 0 Å². The molecule has 2 amide bonds. The summed E-state index contributed by atoms with van der Waals surface area (Å²) in [6, 6.07) is -0.423. The predicted molar refractivity (Wildman–Crippen MR) is 133 cm³/mol. The van der Waals surface area contributed by atoms with Gasteiger partial charge in [0.1, 0.15) is 5.60 Å². The molecule has 0 spiro atoms. The first kappa shape index (κ1) is 34.7. The Hall–Kier alpha value is -3.90. The molecule has 0 saturated carbocycles. The number of nitrogens with zero attached hydrogens (tertiary/aromatic N) is 2. The topological polar surface area (TPSA) is 106 Å². The first-order valence-electron chi connectivity index (χ1n) is 11.6. The SMILES string of the molecule is C=C/C=C\C(=C/C)Cc1noc(C(CCCCNC(=O)OC(C)(C)C)N[C-]=O)n1.CC.CC.[Fm]. The van der Waals surface area contributed by atoms with Crippen LogP contribution in [0, 0.1) is 0 Å². The number of carbonyl (C=O) groups is 1. The molecule has 8 nitrogen and oxygen atoms in total. The first-order valence-corrected chi connectivity index (χ1v) is 11.6. The summed E-state index contributed by atoms with van der Waals surface area (Å²) in [5.41, 5.74) is 0.500. The molecule has 1 heterocycles. The Bertz CT molecular complexity index is 725. The molecule has 0 radical (unpaired) electrons. The number of carbonyl (C=O) groups excluding carboxylic acids is 2. The average molecular weight is 721 g/mol. The summed E-state index contributed by atoms with van der Waals surface area (Å²) in [5.74, 6) is 0.873. The molecule has 1 unspecified atom stereocenters. The third kappa shape index (κ3) is 16.8. The van der Waals surface area contributed by atoms with Gasteiger partial charge in [0.05, 0.1) is 6.04 Å². The van der Waals surface area contributed by atoms with Gasteiger partial charge >= 0.3 is 6.09 Å². The van der Waals surface area contributed by atoms with E-state index in [0.717, 1.165) is 12.0 Å². The molecule has 9 heteroatoms. The van der Waals surface area contributed by atoms with Gasteiger partial charge in [-0.3, -0.25) is 0 Å². The largest absolute Gasteiger partial charge is 0.520 e. The maximum Gasteiger partial charge on any atom is 0.407 e. The number of hydrogen-bond acceptors (Lipinski definition) is 6. The predicted octanol–water partition coefficient (Wildman–Crippen LogP) is 5.75. The molecule has 1 aromatic rings. The van der Waals surface area contributed by atoms with E-state index in [1.165, 1.54) is 0 Å². The summed E-state index contributed by atoms with van der Waals surface area (Å²) < 4.78 is 10.5. The maximum absolute atomic E-state index is 11.6. The van der Waals surface area contributed by atoms with Gasteiger partial charge in [0.25, 0.3) is 0 Å². The zero-order valence-corrected chi connectivity index (χ0v) is 24.3. The van der Waals surface area contributed by atoms with Crippen LogP contribution in [-0.2, 0) is 16.0 Å². The Labute approximate surface area is 199 Å². The van der Waals surface area contributed by atoms with Gasteiger partial charge in [0, 0.05) is 13.0 Å². The van der Waals surface area contributed by atoms with Gasteiger partial charge in [-0.2, -0.15) is 11.4 Å². The zero-order chi connectivity index (χ0) is 25.7. The van der Waals surface area contributed by atoms with E-state index >= 15 is 0 Å². The molecule has 0 saturated heterocycles. The minimum absolute atomic E-state index is 0. The van der Waals surface area contributed by atoms with Gasteiger partial charge in [0.2, 0.25) is 5.89 Å². The molecule has 0 aromatic carbocycles. The van der Waals surface area contributed by atoms with Crippen LogP contribution in [0.25, 0.3) is 0 Å². The van der Waals surface area contributed by atoms with Crippen LogP contribution in [0.4, 0.5) is 4.79 Å². The van der Waals surface area contributed by atoms with Crippen LogP contribution in [0.5, 0.6) is 0 Å². The summed E-state index contributed by atoms with van der Waals surface area (Å²) in [6.45, 7) is 19.5. The van der Waals surface area contributed by atoms with E-state index in [-0.39, 0.29) is 0 Å². The number of amides is 2. The average Bonchev–Trinajstić information content (AvgIpc) is 3.25. The molecular formula is C25H43FmN4O4-. The number of rotatable bonds is 12. The Morgan fingerprint density at radius 3 is 2.41 bits per heavy atom. The number of ether oxygens (including phenoxy) is 1. The molecule has 34 heavy (non-hydrogen) atoms. The van der Waals surface area contributed by atoms with Crippen molar-refractivity contribution in [2.45, 2.75) is 92.7 Å². The standard InChI is InChI=1S/C21H31N4O4.2C2H6.Fm/c1-6-8-11-16(7-2)14-18-24-19(29-25-18)17(23-15-26)12-9-10-13-22-20(27)28-21(3,4)5;2*1-2;/h6-8,11,17H,1,9-10,12-14H2,2-5H3,(H,22,27)(H,23,26);2*1-2H3;/q-1;;;/b11-8-,16-7+;;;. The van der Waals surface area contributed by atoms with E-state index in [1.54, 1.807) is 12.5 Å². The molecule has 0 aliphatic carbocycles. The van der Waals surface area contributed by atoms with Crippen LogP contribution in [0.15, 0.2) is 41.0 Å². The van der Waals surface area contributed by atoms with Crippen LogP contribution in [0.3, 0.4) is 0 Å². The third-order valence-corrected chi connectivity index (χ3v) is 3.78. The fraction of sp³-hybridized carbons (Fsp3) is 0.600. The Kier molecular flexibility index (Phi) is 21.4. The molecule has 1 atom stereocenters. The van der Waals surface area contributed by atoms with Gasteiger partial charge in [0.15, 0.2) is 5.82 Å². The van der Waals surface area contributed by atoms with Crippen LogP contribution in [0.1, 0.15) is 92.4 Å². The van der Waals surface area contributed by atoms with E-state index in [1.807, 2.05) is 73.6 Å². The fourth-order valence-corrected chi connectivity index (χ4v) is 2.42. The molecule has 1 rings (SSSR count). The second kappa shape index (κ2) is 21.0. The van der Waals surface area contributed by atoms with E-state index in [4.69, 9.17) is 9.26 Å². The second-order valence-electron chi connectivity index (χ2n) is 7.41. The fourth-order valence-electron chi connectivity index (χ4n) is 2.42. The Morgan fingerprint density at radius 2 is 1.88 bits per heavy atom. The number of unbranched alkanes of at least 4 members (excludes halogenated alkanes) is 1. The summed E-state index contributed by atoms with van der Waals surface area (Å²) in [5, 5.41) is 9.28. The van der Waals surface area contributed by atoms with E-state index in [0.29, 0.717) is 37.5 Å². The Morgan fingerprint density at radius 1 is 1.24 bits per heavy atom. The molecule has 0 bridgehead atoms. The van der Waals surface area contributed by atoms with Crippen LogP contribution >= 0.6 is 0 Å². The van der Waals surface area contributed by atoms with Crippen molar-refractivity contribution >= 4 is 12.5 Å². The van der Waals surface area contributed by atoms with Crippen LogP contribution in [-0.4, -0.2) is 34.8 Å². The monoisotopic (exact) mass is 720 g/mol. The molecule has 0 aliphatic heterocycles. The second-order valence-corrected chi connectivity index (χ2v) is 7.41. The van der Waals surface area contributed by atoms with Gasteiger partial charge in [-0.15, -0.1) is 0 Å². The van der Waals surface area contributed by atoms with E-state index in [9.17, 15) is 9.59 Å². The third-order valence-electron chi connectivity index (χ3n) is 3.78. The Balaban J connectivity index is -0.00000182. The van der Waals surface area contributed by atoms with Crippen molar-refractivity contribution in [1.82, 2.24) is 20.8 Å². The number of alkyl carbamates (subject to hydrolysis) is 1. The van der Waals surface area contributed by atoms with Crippen molar-refractivity contribution in [1.29, 1.82) is 0 Å². The molecule has 2 N–H and O–H groups in total. The van der Waals surface area contributed by atoms with Gasteiger partial charge in [-0.1, -0.05) is 63.7 Å². The van der Waals surface area contributed by atoms with Crippen molar-refractivity contribution in [3.8, 4) is 0 Å². The van der Waals surface area contributed by atoms with Crippen LogP contribution < -0.4 is 10.6 Å². The number of aromatic nitrogens is 2. The summed E-state index contributed by atoms with van der Waals surface area (Å²) >= 11 is 0. The van der Waals surface area contributed by atoms with Gasteiger partial charge in [-0.05, 0) is 52.5 Å². The zero-order valence-electron chi connectivity index (χ0n) is 21.9. The van der Waals surface area contributed by atoms with Crippen molar-refractivity contribution in [2.24, 2.45) is 0 Å². The quantitative estimate of drug-likeness (QED) is 0.124. The van der Waals surface area contributed by atoms with Crippen molar-refractivity contribution in [2.75, 3.05) is 6.54 Å². The van der Waals surface area contributed by atoms with Crippen molar-refractivity contribution in [3.05, 3.63) is 48.2 Å². The van der Waals surface area contributed by atoms with Gasteiger partial charge in [-0.25, -0.2) is 4.79 Å². The van der Waals surface area contributed by atoms with E-state index < -0.39 is 17.7 Å². The number of nitrogens with one attached hydrogen (secondary N) is 2. The van der Waals surface area contributed by atoms with Gasteiger partial charge < -0.3 is 24.7 Å². The smallest absolute Gasteiger partial charge is 0.407 e. The normalized spacial score (nSPS) is 11.6. The number of allylic oxidation sites excluding steroid dienone is 5. The summed E-state index contributed by atoms with van der Waals surface area (Å²) in [6.07, 6.45) is 11.2. The number of hydrogen-bond donors (Lipinski definition) is 2. The van der Waals surface area contributed by atoms with Crippen molar-refractivity contribution < 1.29 is 18.8 Å². The summed E-state index contributed by atoms with van der Waals surface area (Å²) in [4.78, 5) is 26.8. The molecule has 0 aliphatic rings. The summed E-state index contributed by atoms with van der Waals surface area (Å²) in [7, 11) is 0. The maximum atomic E-state index is 11.6. The molecule has 0 fully saturated rings. The van der Waals surface area contributed by atoms with E-state index in [2.05, 4.69) is 27.4 Å².